The van der Waals surface area contributed by atoms with Crippen LogP contribution in [0.5, 0.6) is 0 Å². The van der Waals surface area contributed by atoms with E-state index in [-0.39, 0.29) is 39.2 Å². The molecule has 38 heavy (non-hydrogen) atoms. The second-order valence-electron chi connectivity index (χ2n) is 6.28. The van der Waals surface area contributed by atoms with Gasteiger partial charge < -0.3 is 54.0 Å². The molecule has 6 N–H and O–H groups in total. The van der Waals surface area contributed by atoms with Crippen molar-refractivity contribution in [2.24, 2.45) is 0 Å². The van der Waals surface area contributed by atoms with Crippen LogP contribution >= 0.6 is 0 Å². The first-order valence-corrected chi connectivity index (χ1v) is 10.5. The van der Waals surface area contributed by atoms with Crippen LogP contribution in [0.15, 0.2) is 0 Å². The Morgan fingerprint density at radius 1 is 0.553 bits per heavy atom. The smallest absolute Gasteiger partial charge is 0.334 e. The molecule has 0 fully saturated rings. The molecule has 0 aliphatic carbocycles. The van der Waals surface area contributed by atoms with Crippen molar-refractivity contribution in [1.82, 2.24) is 10.2 Å². The van der Waals surface area contributed by atoms with Crippen LogP contribution in [-0.2, 0) is 57.2 Å². The van der Waals surface area contributed by atoms with Gasteiger partial charge in [0.2, 0.25) is 20.4 Å². The molecule has 0 unspecified atom stereocenters. The van der Waals surface area contributed by atoms with E-state index in [0.717, 1.165) is 4.90 Å². The minimum atomic E-state index is -0.966. The van der Waals surface area contributed by atoms with E-state index in [4.69, 9.17) is 25.5 Å². The van der Waals surface area contributed by atoms with Gasteiger partial charge in [0.25, 0.3) is 0 Å². The van der Waals surface area contributed by atoms with Crippen molar-refractivity contribution in [3.05, 3.63) is 0 Å². The molecule has 0 saturated heterocycles. The van der Waals surface area contributed by atoms with Crippen molar-refractivity contribution in [3.8, 4) is 0 Å². The van der Waals surface area contributed by atoms with E-state index in [2.05, 4.69) is 33.7 Å². The summed E-state index contributed by atoms with van der Waals surface area (Å²) in [7, 11) is 0. The van der Waals surface area contributed by atoms with E-state index >= 15 is 0 Å². The Labute approximate surface area is 215 Å². The van der Waals surface area contributed by atoms with Gasteiger partial charge in [0.05, 0.1) is 32.8 Å². The van der Waals surface area contributed by atoms with Crippen molar-refractivity contribution >= 4 is 35.8 Å². The molecular weight excluding hydrogens is 528 g/mol. The second kappa shape index (κ2) is 25.2. The fourth-order valence-corrected chi connectivity index (χ4v) is 1.71. The molecule has 0 aromatic heterocycles. The van der Waals surface area contributed by atoms with Crippen LogP contribution in [0.3, 0.4) is 0 Å². The summed E-state index contributed by atoms with van der Waals surface area (Å²) in [5.74, 6) is -4.93. The highest BCUT2D eigenvalue weighted by molar-refractivity contribution is 5.73. The summed E-state index contributed by atoms with van der Waals surface area (Å²) in [6.45, 7) is -5.23. The molecule has 19 heteroatoms. The lowest BCUT2D eigenvalue weighted by Crippen LogP contribution is -2.34. The molecular formula is C19H32N2O17. The number of nitrogens with zero attached hydrogens (tertiary/aromatic N) is 1. The number of rotatable bonds is 19. The molecule has 0 spiro atoms. The van der Waals surface area contributed by atoms with Crippen LogP contribution in [0.4, 0.5) is 0 Å². The van der Waals surface area contributed by atoms with Crippen molar-refractivity contribution in [1.29, 1.82) is 0 Å². The van der Waals surface area contributed by atoms with Crippen LogP contribution < -0.4 is 5.32 Å². The van der Waals surface area contributed by atoms with Crippen molar-refractivity contribution < 1.29 is 82.7 Å². The molecule has 0 atom stereocenters. The lowest BCUT2D eigenvalue weighted by Gasteiger charge is -2.17. The topological polar surface area (TPSA) is 274 Å². The zero-order valence-corrected chi connectivity index (χ0v) is 20.3. The van der Waals surface area contributed by atoms with Gasteiger partial charge in [-0.3, -0.25) is 24.6 Å². The van der Waals surface area contributed by atoms with E-state index in [1.165, 1.54) is 0 Å². The number of esters is 6. The zero-order chi connectivity index (χ0) is 29.2. The predicted molar refractivity (Wildman–Crippen MR) is 115 cm³/mol. The third-order valence-electron chi connectivity index (χ3n) is 3.51. The minimum absolute atomic E-state index is 0.0607. The number of nitrogens with one attached hydrogen (secondary N) is 1. The molecule has 0 amide bonds. The first-order valence-electron chi connectivity index (χ1n) is 10.5. The Kier molecular flexibility index (Phi) is 24.3. The SMILES string of the molecule is O=C(CO)OCOC(=O)CCN(CO)CC(=O)OCOC(=O)CO.O=C(CO)OCOC(=O)CCNCO. The quantitative estimate of drug-likeness (QED) is 0.0372. The summed E-state index contributed by atoms with van der Waals surface area (Å²) < 4.78 is 26.4. The van der Waals surface area contributed by atoms with Crippen LogP contribution in [0.25, 0.3) is 0 Å². The molecule has 0 heterocycles. The average Bonchev–Trinajstić information content (AvgIpc) is 2.90. The molecule has 220 valence electrons. The van der Waals surface area contributed by atoms with Crippen molar-refractivity contribution in [2.45, 2.75) is 12.8 Å². The molecule has 19 nitrogen and oxygen atoms in total. The zero-order valence-electron chi connectivity index (χ0n) is 20.3. The van der Waals surface area contributed by atoms with Gasteiger partial charge in [0, 0.05) is 13.1 Å². The number of carbonyl (C=O) groups excluding carboxylic acids is 6. The monoisotopic (exact) mass is 560 g/mol. The number of carbonyl (C=O) groups is 6. The second-order valence-corrected chi connectivity index (χ2v) is 6.28. The van der Waals surface area contributed by atoms with Gasteiger partial charge in [0.1, 0.15) is 19.8 Å². The van der Waals surface area contributed by atoms with E-state index in [0.29, 0.717) is 0 Å². The third-order valence-corrected chi connectivity index (χ3v) is 3.51. The molecule has 0 aliphatic heterocycles. The first-order chi connectivity index (χ1) is 18.1. The lowest BCUT2D eigenvalue weighted by molar-refractivity contribution is -0.172. The van der Waals surface area contributed by atoms with Gasteiger partial charge in [-0.25, -0.2) is 14.4 Å². The Bertz CT molecular complexity index is 717. The highest BCUT2D eigenvalue weighted by Crippen LogP contribution is 1.96. The molecule has 0 bridgehead atoms. The standard InChI is InChI=1S/C12H19NO11.C7H13NO6/c14-4-11(19)23-7-21-9(17)1-2-13(6-16)3-10(18)22-8-24-12(20)5-15;9-3-7(12)14-5-13-6(11)1-2-8-4-10/h14-16H,1-8H2;8-10H,1-5H2. The maximum atomic E-state index is 11.4. The van der Waals surface area contributed by atoms with Crippen molar-refractivity contribution in [3.63, 3.8) is 0 Å². The Hall–Kier alpha value is -3.46. The molecule has 0 aliphatic rings. The number of aliphatic hydroxyl groups is 5. The number of ether oxygens (including phenoxy) is 6. The van der Waals surface area contributed by atoms with E-state index in [1.54, 1.807) is 0 Å². The van der Waals surface area contributed by atoms with Crippen LogP contribution in [0.2, 0.25) is 0 Å². The van der Waals surface area contributed by atoms with Gasteiger partial charge in [0.15, 0.2) is 0 Å². The highest BCUT2D eigenvalue weighted by atomic mass is 16.7. The molecule has 0 radical (unpaired) electrons. The van der Waals surface area contributed by atoms with Gasteiger partial charge >= 0.3 is 35.8 Å². The van der Waals surface area contributed by atoms with Gasteiger partial charge in [-0.1, -0.05) is 0 Å². The number of hydrogen-bond acceptors (Lipinski definition) is 19. The van der Waals surface area contributed by atoms with Crippen LogP contribution in [0, 0.1) is 0 Å². The molecule has 0 rings (SSSR count). The Balaban J connectivity index is 0. The highest BCUT2D eigenvalue weighted by Gasteiger charge is 2.14. The Morgan fingerprint density at radius 2 is 0.947 bits per heavy atom. The summed E-state index contributed by atoms with van der Waals surface area (Å²) in [6.07, 6.45) is -0.152. The summed E-state index contributed by atoms with van der Waals surface area (Å²) in [5, 5.41) is 44.8. The largest absolute Gasteiger partial charge is 0.428 e. The van der Waals surface area contributed by atoms with Crippen molar-refractivity contribution in [2.75, 3.05) is 73.3 Å². The molecule has 0 aromatic rings. The van der Waals surface area contributed by atoms with Gasteiger partial charge in [-0.05, 0) is 0 Å². The third kappa shape index (κ3) is 24.2. The lowest BCUT2D eigenvalue weighted by atomic mass is 10.4. The maximum absolute atomic E-state index is 11.4. The maximum Gasteiger partial charge on any atom is 0.334 e. The minimum Gasteiger partial charge on any atom is -0.428 e. The molecule has 0 saturated carbocycles. The van der Waals surface area contributed by atoms with E-state index < -0.39 is 82.7 Å². The number of hydrogen-bond donors (Lipinski definition) is 6. The van der Waals surface area contributed by atoms with Gasteiger partial charge in [-0.15, -0.1) is 0 Å². The van der Waals surface area contributed by atoms with Gasteiger partial charge in [-0.2, -0.15) is 0 Å². The molecule has 0 aromatic carbocycles. The predicted octanol–water partition coefficient (Wildman–Crippen LogP) is -5.35. The normalized spacial score (nSPS) is 9.95. The first kappa shape index (κ1) is 36.7. The summed E-state index contributed by atoms with van der Waals surface area (Å²) in [6, 6.07) is 0. The fourth-order valence-electron chi connectivity index (χ4n) is 1.71. The van der Waals surface area contributed by atoms with E-state index in [1.807, 2.05) is 0 Å². The average molecular weight is 560 g/mol. The van der Waals surface area contributed by atoms with Crippen LogP contribution in [0.1, 0.15) is 12.8 Å². The van der Waals surface area contributed by atoms with Crippen LogP contribution in [-0.4, -0.2) is 140 Å². The number of aliphatic hydroxyl groups excluding tert-OH is 5. The van der Waals surface area contributed by atoms with E-state index in [9.17, 15) is 28.8 Å². The summed E-state index contributed by atoms with van der Waals surface area (Å²) >= 11 is 0. The summed E-state index contributed by atoms with van der Waals surface area (Å²) in [5.41, 5.74) is 0. The fraction of sp³-hybridized carbons (Fsp3) is 0.684. The summed E-state index contributed by atoms with van der Waals surface area (Å²) in [4.78, 5) is 66.1. The Morgan fingerprint density at radius 3 is 1.34 bits per heavy atom.